The third-order valence-electron chi connectivity index (χ3n) is 7.03. The second kappa shape index (κ2) is 20.4. The van der Waals surface area contributed by atoms with Crippen molar-refractivity contribution in [2.24, 2.45) is 0 Å². The number of hydrogen-bond donors (Lipinski definition) is 0. The first-order valence-corrected chi connectivity index (χ1v) is 15.2. The molecule has 0 bridgehead atoms. The lowest BCUT2D eigenvalue weighted by molar-refractivity contribution is -0.895. The first-order chi connectivity index (χ1) is 20.5. The van der Waals surface area contributed by atoms with Crippen molar-refractivity contribution in [3.8, 4) is 11.5 Å². The van der Waals surface area contributed by atoms with Gasteiger partial charge >= 0.3 is 12.2 Å². The van der Waals surface area contributed by atoms with E-state index in [9.17, 15) is 19.2 Å². The first kappa shape index (κ1) is 43.2. The highest BCUT2D eigenvalue weighted by molar-refractivity contribution is 5.80. The fraction of sp³-hybridized carbons (Fsp3) is 0.529. The Balaban J connectivity index is 0.0000101. The van der Waals surface area contributed by atoms with Crippen LogP contribution < -0.4 is 43.4 Å². The number of ketones is 2. The van der Waals surface area contributed by atoms with Crippen LogP contribution >= 0.6 is 0 Å². The summed E-state index contributed by atoms with van der Waals surface area (Å²) >= 11 is 0. The quantitative estimate of drug-likeness (QED) is 0.154. The van der Waals surface area contributed by atoms with Crippen molar-refractivity contribution in [1.82, 2.24) is 9.80 Å². The van der Waals surface area contributed by atoms with Crippen LogP contribution in [0.5, 0.6) is 11.5 Å². The van der Waals surface area contributed by atoms with Gasteiger partial charge in [-0.1, -0.05) is 37.1 Å². The zero-order valence-corrected chi connectivity index (χ0v) is 31.9. The van der Waals surface area contributed by atoms with E-state index in [2.05, 4.69) is 0 Å². The Morgan fingerprint density at radius 2 is 0.935 bits per heavy atom. The molecule has 0 saturated heterocycles. The van der Waals surface area contributed by atoms with E-state index in [1.165, 1.54) is 9.80 Å². The van der Waals surface area contributed by atoms with Crippen LogP contribution in [0.2, 0.25) is 0 Å². The number of rotatable bonds is 17. The van der Waals surface area contributed by atoms with E-state index in [-0.39, 0.29) is 45.5 Å². The van der Waals surface area contributed by atoms with Gasteiger partial charge in [0.25, 0.3) is 0 Å². The number of carbonyl (C=O) groups excluding carboxylic acids is 4. The number of halogens is 2. The van der Waals surface area contributed by atoms with E-state index in [0.717, 1.165) is 36.8 Å². The van der Waals surface area contributed by atoms with Gasteiger partial charge in [-0.15, -0.1) is 0 Å². The monoisotopic (exact) mass is 770 g/mol. The van der Waals surface area contributed by atoms with Gasteiger partial charge in [-0.2, -0.15) is 0 Å². The first-order valence-electron chi connectivity index (χ1n) is 15.2. The molecule has 0 atom stereocenters. The van der Waals surface area contributed by atoms with Crippen molar-refractivity contribution in [2.75, 3.05) is 69.5 Å². The van der Waals surface area contributed by atoms with Gasteiger partial charge in [0, 0.05) is 52.2 Å². The summed E-state index contributed by atoms with van der Waals surface area (Å²) in [7, 11) is 14.7. The maximum Gasteiger partial charge on any atom is 0.414 e. The zero-order chi connectivity index (χ0) is 32.9. The van der Waals surface area contributed by atoms with Crippen LogP contribution in [-0.4, -0.2) is 112 Å². The van der Waals surface area contributed by atoms with Gasteiger partial charge in [0.2, 0.25) is 0 Å². The summed E-state index contributed by atoms with van der Waals surface area (Å²) in [6.45, 7) is 2.14. The largest absolute Gasteiger partial charge is 1.00 e. The molecule has 0 fully saturated rings. The highest BCUT2D eigenvalue weighted by Gasteiger charge is 2.22. The molecule has 0 aromatic heterocycles. The number of unbranched alkanes of at least 4 members (excludes halogenated alkanes) is 3. The second-order valence-electron chi connectivity index (χ2n) is 13.3. The second-order valence-corrected chi connectivity index (χ2v) is 13.3. The standard InChI is InChI=1S/C34H52N4O6.2BrH/c1-35(2)33(41)43-31-19-13-15-27(21-31)23-37(5,6)25-29(39)17-11-9-10-12-18-30(40)26-38(7,8)24-28-16-14-20-32(22-28)44-34(42)36(3)4;;/h13-16,19-22H,9-12,17-18,23-26H2,1-8H3;2*1H/q+2;;/p-2. The number of ether oxygens (including phenoxy) is 2. The van der Waals surface area contributed by atoms with Crippen molar-refractivity contribution in [1.29, 1.82) is 0 Å². The number of Topliss-reactive ketones (excluding diaryl/α,β-unsaturated/α-hetero) is 2. The smallest absolute Gasteiger partial charge is 0.414 e. The minimum Gasteiger partial charge on any atom is -1.00 e. The molecule has 0 aliphatic rings. The summed E-state index contributed by atoms with van der Waals surface area (Å²) in [6, 6.07) is 14.8. The predicted molar refractivity (Wildman–Crippen MR) is 171 cm³/mol. The summed E-state index contributed by atoms with van der Waals surface area (Å²) in [6.07, 6.45) is 3.68. The van der Waals surface area contributed by atoms with E-state index in [0.29, 0.717) is 59.5 Å². The van der Waals surface area contributed by atoms with E-state index < -0.39 is 12.2 Å². The lowest BCUT2D eigenvalue weighted by Gasteiger charge is -2.29. The molecule has 0 unspecified atom stereocenters. The van der Waals surface area contributed by atoms with Gasteiger partial charge in [-0.25, -0.2) is 9.59 Å². The number of amides is 2. The number of nitrogens with zero attached hydrogens (tertiary/aromatic N) is 4. The van der Waals surface area contributed by atoms with E-state index >= 15 is 0 Å². The Morgan fingerprint density at radius 1 is 0.587 bits per heavy atom. The summed E-state index contributed by atoms with van der Waals surface area (Å²) in [5.74, 6) is 1.42. The Kier molecular flexibility index (Phi) is 19.2. The van der Waals surface area contributed by atoms with Gasteiger partial charge in [-0.3, -0.25) is 9.59 Å². The van der Waals surface area contributed by atoms with Crippen LogP contribution in [0, 0.1) is 0 Å². The minimum absolute atomic E-state index is 0. The zero-order valence-electron chi connectivity index (χ0n) is 28.7. The maximum atomic E-state index is 12.7. The Labute approximate surface area is 296 Å². The topological polar surface area (TPSA) is 93.2 Å². The predicted octanol–water partition coefficient (Wildman–Crippen LogP) is -0.853. The Bertz CT molecular complexity index is 1190. The van der Waals surface area contributed by atoms with Gasteiger partial charge < -0.3 is 62.2 Å². The number of quaternary nitrogens is 2. The highest BCUT2D eigenvalue weighted by atomic mass is 79.9. The normalized spacial score (nSPS) is 11.0. The molecule has 0 aliphatic carbocycles. The van der Waals surface area contributed by atoms with Crippen LogP contribution in [0.25, 0.3) is 0 Å². The van der Waals surface area contributed by atoms with Crippen LogP contribution in [0.3, 0.4) is 0 Å². The summed E-state index contributed by atoms with van der Waals surface area (Å²) in [4.78, 5) is 51.9. The van der Waals surface area contributed by atoms with Gasteiger partial charge in [0.05, 0.1) is 28.2 Å². The van der Waals surface area contributed by atoms with Gasteiger partial charge in [-0.05, 0) is 37.1 Å². The van der Waals surface area contributed by atoms with Crippen LogP contribution in [0.15, 0.2) is 48.5 Å². The number of likely N-dealkylation sites (N-methyl/N-ethyl adjacent to an activating group) is 2. The van der Waals surface area contributed by atoms with Crippen LogP contribution in [0.1, 0.15) is 49.7 Å². The van der Waals surface area contributed by atoms with E-state index in [1.54, 1.807) is 40.3 Å². The third kappa shape index (κ3) is 17.2. The van der Waals surface area contributed by atoms with Crippen molar-refractivity contribution < 1.29 is 71.6 Å². The summed E-state index contributed by atoms with van der Waals surface area (Å²) in [5.41, 5.74) is 2.00. The summed E-state index contributed by atoms with van der Waals surface area (Å²) in [5, 5.41) is 0. The van der Waals surface area contributed by atoms with Gasteiger partial charge in [0.15, 0.2) is 11.6 Å². The molecule has 0 heterocycles. The van der Waals surface area contributed by atoms with Crippen molar-refractivity contribution in [2.45, 2.75) is 51.6 Å². The fourth-order valence-electron chi connectivity index (χ4n) is 5.01. The highest BCUT2D eigenvalue weighted by Crippen LogP contribution is 2.20. The van der Waals surface area contributed by atoms with Crippen molar-refractivity contribution >= 4 is 23.8 Å². The molecule has 2 aromatic rings. The molecule has 12 heteroatoms. The van der Waals surface area contributed by atoms with Crippen LogP contribution in [-0.2, 0) is 22.7 Å². The Hall–Kier alpha value is -2.80. The molecular formula is C34H52Br2N4O6. The lowest BCUT2D eigenvalue weighted by Crippen LogP contribution is -3.00. The number of hydrogen-bond acceptors (Lipinski definition) is 6. The van der Waals surface area contributed by atoms with Crippen molar-refractivity contribution in [3.05, 3.63) is 59.7 Å². The summed E-state index contributed by atoms with van der Waals surface area (Å²) < 4.78 is 11.7. The van der Waals surface area contributed by atoms with Gasteiger partial charge in [0.1, 0.15) is 37.7 Å². The molecule has 2 amide bonds. The molecule has 0 aliphatic heterocycles. The average molecular weight is 773 g/mol. The van der Waals surface area contributed by atoms with E-state index in [4.69, 9.17) is 9.47 Å². The lowest BCUT2D eigenvalue weighted by atomic mass is 10.1. The molecule has 258 valence electrons. The molecule has 0 spiro atoms. The molecule has 2 rings (SSSR count). The van der Waals surface area contributed by atoms with E-state index in [1.807, 2.05) is 64.6 Å². The molecule has 0 N–H and O–H groups in total. The number of carbonyl (C=O) groups is 4. The molecule has 0 radical (unpaired) electrons. The third-order valence-corrected chi connectivity index (χ3v) is 7.03. The SMILES string of the molecule is CN(C)C(=O)Oc1cccc(C[N+](C)(C)CC(=O)CCCCCCC(=O)C[N+](C)(C)Cc2cccc(OC(=O)N(C)C)c2)c1.[Br-].[Br-]. The average Bonchev–Trinajstić information content (AvgIpc) is 2.89. The molecule has 46 heavy (non-hydrogen) atoms. The van der Waals surface area contributed by atoms with Crippen molar-refractivity contribution in [3.63, 3.8) is 0 Å². The Morgan fingerprint density at radius 3 is 1.26 bits per heavy atom. The van der Waals surface area contributed by atoms with Crippen LogP contribution in [0.4, 0.5) is 9.59 Å². The molecule has 0 saturated carbocycles. The molecule has 10 nitrogen and oxygen atoms in total. The minimum atomic E-state index is -0.428. The fourth-order valence-corrected chi connectivity index (χ4v) is 5.01. The number of benzene rings is 2. The maximum absolute atomic E-state index is 12.7. The molecular weight excluding hydrogens is 720 g/mol. The molecule has 2 aromatic carbocycles.